The number of aromatic nitrogens is 1. The van der Waals surface area contributed by atoms with E-state index in [0.29, 0.717) is 0 Å². The van der Waals surface area contributed by atoms with Gasteiger partial charge in [0.1, 0.15) is 0 Å². The molecule has 0 radical (unpaired) electrons. The van der Waals surface area contributed by atoms with Gasteiger partial charge in [0.2, 0.25) is 0 Å². The third kappa shape index (κ3) is 5.40. The molecule has 2 aliphatic carbocycles. The van der Waals surface area contributed by atoms with Gasteiger partial charge in [0.25, 0.3) is 0 Å². The van der Waals surface area contributed by atoms with E-state index in [4.69, 9.17) is 0 Å². The Labute approximate surface area is 396 Å². The fourth-order valence-electron chi connectivity index (χ4n) is 12.3. The van der Waals surface area contributed by atoms with Crippen LogP contribution in [0.1, 0.15) is 47.2 Å². The van der Waals surface area contributed by atoms with Crippen LogP contribution in [-0.2, 0) is 10.8 Å². The van der Waals surface area contributed by atoms with E-state index in [1.807, 2.05) is 0 Å². The van der Waals surface area contributed by atoms with Gasteiger partial charge in [-0.05, 0) is 132 Å². The molecule has 2 heteroatoms. The topological polar surface area (TPSA) is 8.17 Å². The highest BCUT2D eigenvalue weighted by molar-refractivity contribution is 6.13. The first-order chi connectivity index (χ1) is 33.5. The van der Waals surface area contributed by atoms with Crippen molar-refractivity contribution in [1.82, 2.24) is 4.57 Å². The lowest BCUT2D eigenvalue weighted by molar-refractivity contribution is 0.660. The van der Waals surface area contributed by atoms with E-state index in [1.54, 1.807) is 0 Å². The second kappa shape index (κ2) is 14.5. The van der Waals surface area contributed by atoms with Crippen molar-refractivity contribution in [3.8, 4) is 27.9 Å². The van der Waals surface area contributed by atoms with Crippen molar-refractivity contribution in [3.63, 3.8) is 0 Å². The van der Waals surface area contributed by atoms with Crippen molar-refractivity contribution >= 4 is 60.4 Å². The van der Waals surface area contributed by atoms with Gasteiger partial charge >= 0.3 is 0 Å². The van der Waals surface area contributed by atoms with Crippen molar-refractivity contribution in [2.45, 2.75) is 24.7 Å². The maximum absolute atomic E-state index is 2.51. The smallest absolute Gasteiger partial charge is 0.0714 e. The number of benzene rings is 11. The summed E-state index contributed by atoms with van der Waals surface area (Å²) < 4.78 is 2.47. The molecule has 1 heterocycles. The largest absolute Gasteiger partial charge is 0.310 e. The van der Waals surface area contributed by atoms with Crippen LogP contribution in [0.4, 0.5) is 17.1 Å². The fraction of sp³-hybridized carbons (Fsp3) is 0.0606. The third-order valence-corrected chi connectivity index (χ3v) is 15.4. The minimum absolute atomic E-state index is 0.276. The van der Waals surface area contributed by atoms with Gasteiger partial charge in [-0.1, -0.05) is 196 Å². The molecule has 14 rings (SSSR count). The molecule has 2 aliphatic rings. The Morgan fingerprint density at radius 1 is 0.338 bits per heavy atom. The average Bonchev–Trinajstić information content (AvgIpc) is 3.96. The van der Waals surface area contributed by atoms with Gasteiger partial charge in [0, 0.05) is 38.6 Å². The molecule has 0 fully saturated rings. The molecule has 0 N–H and O–H groups in total. The van der Waals surface area contributed by atoms with Crippen LogP contribution in [0.15, 0.2) is 243 Å². The molecule has 0 saturated heterocycles. The zero-order chi connectivity index (χ0) is 45.1. The lowest BCUT2D eigenvalue weighted by atomic mass is 9.67. The Hall–Kier alpha value is -8.46. The monoisotopic (exact) mass is 866 g/mol. The van der Waals surface area contributed by atoms with Gasteiger partial charge in [0.15, 0.2) is 0 Å². The molecule has 0 bridgehead atoms. The van der Waals surface area contributed by atoms with Gasteiger partial charge in [-0.15, -0.1) is 0 Å². The van der Waals surface area contributed by atoms with Gasteiger partial charge in [-0.2, -0.15) is 0 Å². The minimum atomic E-state index is -0.516. The van der Waals surface area contributed by atoms with E-state index >= 15 is 0 Å². The highest BCUT2D eigenvalue weighted by Gasteiger charge is 2.46. The molecule has 68 heavy (non-hydrogen) atoms. The normalized spacial score (nSPS) is 14.0. The summed E-state index contributed by atoms with van der Waals surface area (Å²) in [4.78, 5) is 2.51. The molecular weight excluding hydrogens is 821 g/mol. The molecule has 320 valence electrons. The molecule has 2 nitrogen and oxygen atoms in total. The molecule has 12 aromatic rings. The fourth-order valence-corrected chi connectivity index (χ4v) is 12.3. The van der Waals surface area contributed by atoms with Crippen LogP contribution in [-0.4, -0.2) is 4.57 Å². The molecule has 0 saturated carbocycles. The third-order valence-electron chi connectivity index (χ3n) is 15.4. The summed E-state index contributed by atoms with van der Waals surface area (Å²) in [6.07, 6.45) is 0. The van der Waals surface area contributed by atoms with Crippen LogP contribution in [0, 0.1) is 0 Å². The Morgan fingerprint density at radius 2 is 0.868 bits per heavy atom. The number of fused-ring (bicyclic) bond motifs is 11. The first-order valence-electron chi connectivity index (χ1n) is 23.8. The summed E-state index contributed by atoms with van der Waals surface area (Å²) in [5.41, 5.74) is 19.2. The number of nitrogens with zero attached hydrogens (tertiary/aromatic N) is 2. The molecule has 0 atom stereocenters. The summed E-state index contributed by atoms with van der Waals surface area (Å²) in [7, 11) is 0. The highest BCUT2D eigenvalue weighted by Crippen LogP contribution is 2.58. The Kier molecular flexibility index (Phi) is 8.28. The Morgan fingerprint density at radius 3 is 1.60 bits per heavy atom. The van der Waals surface area contributed by atoms with E-state index in [2.05, 4.69) is 266 Å². The van der Waals surface area contributed by atoms with Crippen molar-refractivity contribution < 1.29 is 0 Å². The van der Waals surface area contributed by atoms with Gasteiger partial charge in [-0.25, -0.2) is 0 Å². The zero-order valence-corrected chi connectivity index (χ0v) is 38.0. The van der Waals surface area contributed by atoms with Gasteiger partial charge in [0.05, 0.1) is 22.1 Å². The van der Waals surface area contributed by atoms with E-state index in [9.17, 15) is 0 Å². The average molecular weight is 867 g/mol. The first kappa shape index (κ1) is 38.8. The minimum Gasteiger partial charge on any atom is -0.310 e. The quantitative estimate of drug-likeness (QED) is 0.162. The van der Waals surface area contributed by atoms with Crippen molar-refractivity contribution in [1.29, 1.82) is 0 Å². The van der Waals surface area contributed by atoms with Crippen LogP contribution in [0.5, 0.6) is 0 Å². The number of anilines is 3. The summed E-state index contributed by atoms with van der Waals surface area (Å²) in [5, 5.41) is 7.49. The number of hydrogen-bond acceptors (Lipinski definition) is 1. The lowest BCUT2D eigenvalue weighted by Gasteiger charge is -2.35. The first-order valence-corrected chi connectivity index (χ1v) is 23.8. The molecule has 0 spiro atoms. The zero-order valence-electron chi connectivity index (χ0n) is 38.0. The van der Waals surface area contributed by atoms with Gasteiger partial charge in [-0.3, -0.25) is 0 Å². The molecule has 0 amide bonds. The van der Waals surface area contributed by atoms with Crippen LogP contribution >= 0.6 is 0 Å². The van der Waals surface area contributed by atoms with Crippen LogP contribution in [0.25, 0.3) is 71.3 Å². The molecule has 11 aromatic carbocycles. The second-order valence-corrected chi connectivity index (χ2v) is 19.2. The molecule has 1 aromatic heterocycles. The van der Waals surface area contributed by atoms with Crippen molar-refractivity contribution in [3.05, 3.63) is 276 Å². The number of para-hydroxylation sites is 1. The predicted molar refractivity (Wildman–Crippen MR) is 285 cm³/mol. The molecule has 0 unspecified atom stereocenters. The number of hydrogen-bond donors (Lipinski definition) is 0. The summed E-state index contributed by atoms with van der Waals surface area (Å²) in [6, 6.07) is 90.7. The van der Waals surface area contributed by atoms with Crippen molar-refractivity contribution in [2.24, 2.45) is 0 Å². The van der Waals surface area contributed by atoms with Crippen LogP contribution in [0.2, 0.25) is 0 Å². The van der Waals surface area contributed by atoms with E-state index < -0.39 is 5.41 Å². The van der Waals surface area contributed by atoms with E-state index in [1.165, 1.54) is 105 Å². The maximum Gasteiger partial charge on any atom is 0.0714 e. The van der Waals surface area contributed by atoms with E-state index in [-0.39, 0.29) is 5.41 Å². The Balaban J connectivity index is 0.962. The second-order valence-electron chi connectivity index (χ2n) is 19.2. The summed E-state index contributed by atoms with van der Waals surface area (Å²) in [6.45, 7) is 4.82. The highest BCUT2D eigenvalue weighted by atomic mass is 15.1. The maximum atomic E-state index is 2.51. The Bertz CT molecular complexity index is 3960. The number of rotatable bonds is 6. The summed E-state index contributed by atoms with van der Waals surface area (Å²) in [5.74, 6) is 0. The van der Waals surface area contributed by atoms with E-state index in [0.717, 1.165) is 17.1 Å². The standard InChI is InChI=1S/C66H46N2/c1-65(2)59-40-48(32-35-53(59)54-36-34-50(41-60(54)65)68-63-30-16-14-28-56(63)57-38-44-19-9-10-20-45(44)39-64(57)68)67(62-31-17-21-43-18-11-12-26-51(43)62)49-33-37-55-52-27-13-15-29-58(52)66(61(55)42-49,46-22-5-3-6-23-46)47-24-7-4-8-25-47/h3-42H,1-2H3. The van der Waals surface area contributed by atoms with Crippen LogP contribution < -0.4 is 4.90 Å². The van der Waals surface area contributed by atoms with Crippen LogP contribution in [0.3, 0.4) is 0 Å². The van der Waals surface area contributed by atoms with Crippen molar-refractivity contribution in [2.75, 3.05) is 4.90 Å². The van der Waals surface area contributed by atoms with Gasteiger partial charge < -0.3 is 9.47 Å². The lowest BCUT2D eigenvalue weighted by Crippen LogP contribution is -2.28. The molecular formula is C66H46N2. The SMILES string of the molecule is CC1(C)c2cc(N(c3ccc4c(c3)C(c3ccccc3)(c3ccccc3)c3ccccc3-4)c3cccc4ccccc34)ccc2-c2ccc(-n3c4ccccc4c4cc5ccccc5cc43)cc21. The molecule has 0 aliphatic heterocycles. The summed E-state index contributed by atoms with van der Waals surface area (Å²) >= 11 is 0. The predicted octanol–water partition coefficient (Wildman–Crippen LogP) is 17.2.